The normalized spacial score (nSPS) is 15.5. The highest BCUT2D eigenvalue weighted by Crippen LogP contribution is 2.36. The average Bonchev–Trinajstić information content (AvgIpc) is 3.15. The van der Waals surface area contributed by atoms with Crippen molar-refractivity contribution in [2.75, 3.05) is 13.1 Å². The van der Waals surface area contributed by atoms with Crippen molar-refractivity contribution in [1.29, 1.82) is 0 Å². The SMILES string of the molecule is CC(C)(C)OC(=O)N1CCC(c2cc(=O)[nH]c3c(-c4ccccc4OC(F)(F)F)cnn23)CC1. The molecule has 0 saturated carbocycles. The second-order valence-corrected chi connectivity index (χ2v) is 9.16. The molecule has 3 aromatic rings. The molecular formula is C23H25F3N4O4. The van der Waals surface area contributed by atoms with Crippen LogP contribution in [0.15, 0.2) is 41.3 Å². The molecule has 1 saturated heterocycles. The third-order valence-corrected chi connectivity index (χ3v) is 5.50. The Morgan fingerprint density at radius 1 is 1.12 bits per heavy atom. The standard InChI is InChI=1S/C23H25F3N4O4/c1-22(2,3)34-21(32)29-10-8-14(9-11-29)17-12-19(31)28-20-16(13-27-30(17)20)15-6-4-5-7-18(15)33-23(24,25)26/h4-7,12-14H,8-11H2,1-3H3,(H,28,31). The van der Waals surface area contributed by atoms with Gasteiger partial charge in [0.15, 0.2) is 0 Å². The highest BCUT2D eigenvalue weighted by atomic mass is 19.4. The minimum absolute atomic E-state index is 0.0714. The molecule has 0 bridgehead atoms. The number of para-hydroxylation sites is 1. The molecule has 2 aromatic heterocycles. The number of nitrogens with one attached hydrogen (secondary N) is 1. The molecule has 34 heavy (non-hydrogen) atoms. The quantitative estimate of drug-likeness (QED) is 0.589. The lowest BCUT2D eigenvalue weighted by Gasteiger charge is -2.33. The van der Waals surface area contributed by atoms with E-state index in [1.807, 2.05) is 0 Å². The Morgan fingerprint density at radius 3 is 2.44 bits per heavy atom. The van der Waals surface area contributed by atoms with E-state index in [4.69, 9.17) is 4.74 Å². The number of carbonyl (C=O) groups excluding carboxylic acids is 1. The van der Waals surface area contributed by atoms with E-state index in [9.17, 15) is 22.8 Å². The summed E-state index contributed by atoms with van der Waals surface area (Å²) in [5, 5.41) is 4.36. The number of amides is 1. The maximum Gasteiger partial charge on any atom is 0.573 e. The van der Waals surface area contributed by atoms with Crippen LogP contribution in [0.4, 0.5) is 18.0 Å². The van der Waals surface area contributed by atoms with Gasteiger partial charge in [-0.15, -0.1) is 13.2 Å². The minimum atomic E-state index is -4.86. The first-order valence-corrected chi connectivity index (χ1v) is 10.9. The maximum absolute atomic E-state index is 12.9. The smallest absolute Gasteiger partial charge is 0.444 e. The number of rotatable bonds is 3. The first kappa shape index (κ1) is 23.7. The minimum Gasteiger partial charge on any atom is -0.444 e. The first-order valence-electron chi connectivity index (χ1n) is 10.9. The monoisotopic (exact) mass is 478 g/mol. The van der Waals surface area contributed by atoms with E-state index < -0.39 is 17.5 Å². The van der Waals surface area contributed by atoms with E-state index in [1.54, 1.807) is 31.7 Å². The molecule has 4 rings (SSSR count). The summed E-state index contributed by atoms with van der Waals surface area (Å²) in [6, 6.07) is 7.14. The number of piperidine rings is 1. The summed E-state index contributed by atoms with van der Waals surface area (Å²) in [5.41, 5.74) is 0.378. The van der Waals surface area contributed by atoms with Gasteiger partial charge in [0, 0.05) is 36.2 Å². The van der Waals surface area contributed by atoms with Gasteiger partial charge in [-0.25, -0.2) is 9.31 Å². The van der Waals surface area contributed by atoms with Gasteiger partial charge in [0.05, 0.1) is 11.9 Å². The number of fused-ring (bicyclic) bond motifs is 1. The number of H-pyrrole nitrogens is 1. The van der Waals surface area contributed by atoms with Crippen molar-refractivity contribution in [3.05, 3.63) is 52.6 Å². The molecule has 0 unspecified atom stereocenters. The van der Waals surface area contributed by atoms with Crippen LogP contribution in [0, 0.1) is 0 Å². The lowest BCUT2D eigenvalue weighted by Crippen LogP contribution is -2.41. The van der Waals surface area contributed by atoms with Crippen molar-refractivity contribution in [3.8, 4) is 16.9 Å². The first-order chi connectivity index (χ1) is 15.9. The fourth-order valence-corrected chi connectivity index (χ4v) is 4.09. The van der Waals surface area contributed by atoms with E-state index in [1.165, 1.54) is 35.0 Å². The second kappa shape index (κ2) is 8.69. The van der Waals surface area contributed by atoms with Gasteiger partial charge in [-0.05, 0) is 39.7 Å². The Morgan fingerprint density at radius 2 is 1.79 bits per heavy atom. The molecule has 8 nitrogen and oxygen atoms in total. The van der Waals surface area contributed by atoms with Gasteiger partial charge in [0.2, 0.25) is 0 Å². The number of ether oxygens (including phenoxy) is 2. The number of aromatic nitrogens is 3. The highest BCUT2D eigenvalue weighted by Gasteiger charge is 2.33. The van der Waals surface area contributed by atoms with Gasteiger partial charge in [-0.2, -0.15) is 5.10 Å². The molecule has 0 atom stereocenters. The zero-order chi connectivity index (χ0) is 24.7. The van der Waals surface area contributed by atoms with Gasteiger partial charge in [-0.3, -0.25) is 4.79 Å². The number of aromatic amines is 1. The largest absolute Gasteiger partial charge is 0.573 e. The second-order valence-electron chi connectivity index (χ2n) is 9.16. The van der Waals surface area contributed by atoms with Crippen LogP contribution in [0.5, 0.6) is 5.75 Å². The van der Waals surface area contributed by atoms with Gasteiger partial charge in [0.1, 0.15) is 17.0 Å². The number of nitrogens with zero attached hydrogens (tertiary/aromatic N) is 3. The third-order valence-electron chi connectivity index (χ3n) is 5.50. The van der Waals surface area contributed by atoms with Crippen molar-refractivity contribution in [3.63, 3.8) is 0 Å². The molecule has 11 heteroatoms. The number of hydrogen-bond donors (Lipinski definition) is 1. The van der Waals surface area contributed by atoms with E-state index in [2.05, 4.69) is 14.8 Å². The van der Waals surface area contributed by atoms with Crippen LogP contribution in [-0.4, -0.2) is 50.6 Å². The Labute approximate surface area is 193 Å². The third kappa shape index (κ3) is 5.18. The van der Waals surface area contributed by atoms with Crippen molar-refractivity contribution >= 4 is 11.7 Å². The van der Waals surface area contributed by atoms with Gasteiger partial charge < -0.3 is 19.4 Å². The Hall–Kier alpha value is -3.50. The van der Waals surface area contributed by atoms with Crippen molar-refractivity contribution in [2.45, 2.75) is 51.5 Å². The van der Waals surface area contributed by atoms with Crippen LogP contribution in [0.25, 0.3) is 16.8 Å². The number of hydrogen-bond acceptors (Lipinski definition) is 5. The van der Waals surface area contributed by atoms with E-state index >= 15 is 0 Å². The summed E-state index contributed by atoms with van der Waals surface area (Å²) in [5.74, 6) is -0.459. The van der Waals surface area contributed by atoms with Gasteiger partial charge in [-0.1, -0.05) is 18.2 Å². The molecular weight excluding hydrogens is 453 g/mol. The number of alkyl halides is 3. The summed E-state index contributed by atoms with van der Waals surface area (Å²) in [7, 11) is 0. The van der Waals surface area contributed by atoms with Crippen LogP contribution in [-0.2, 0) is 4.74 Å². The summed E-state index contributed by atoms with van der Waals surface area (Å²) >= 11 is 0. The van der Waals surface area contributed by atoms with E-state index in [0.717, 1.165) is 0 Å². The zero-order valence-corrected chi connectivity index (χ0v) is 19.0. The number of benzene rings is 1. The van der Waals surface area contributed by atoms with Crippen LogP contribution < -0.4 is 10.3 Å². The topological polar surface area (TPSA) is 88.9 Å². The fraction of sp³-hybridized carbons (Fsp3) is 0.435. The van der Waals surface area contributed by atoms with Gasteiger partial charge >= 0.3 is 12.5 Å². The zero-order valence-electron chi connectivity index (χ0n) is 19.0. The molecule has 1 aliphatic heterocycles. The van der Waals surface area contributed by atoms with Crippen molar-refractivity contribution in [1.82, 2.24) is 19.5 Å². The summed E-state index contributed by atoms with van der Waals surface area (Å²) in [6.45, 7) is 6.31. The van der Waals surface area contributed by atoms with E-state index in [0.29, 0.717) is 37.2 Å². The average molecular weight is 478 g/mol. The fourth-order valence-electron chi connectivity index (χ4n) is 4.09. The lowest BCUT2D eigenvalue weighted by molar-refractivity contribution is -0.274. The van der Waals surface area contributed by atoms with Crippen LogP contribution in [0.3, 0.4) is 0 Å². The molecule has 1 fully saturated rings. The Balaban J connectivity index is 1.64. The summed E-state index contributed by atoms with van der Waals surface area (Å²) in [4.78, 5) is 29.1. The number of halogens is 3. The van der Waals surface area contributed by atoms with Crippen LogP contribution >= 0.6 is 0 Å². The highest BCUT2D eigenvalue weighted by molar-refractivity contribution is 5.81. The molecule has 1 amide bonds. The van der Waals surface area contributed by atoms with Gasteiger partial charge in [0.25, 0.3) is 5.56 Å². The molecule has 1 aromatic carbocycles. The molecule has 3 heterocycles. The predicted octanol–water partition coefficient (Wildman–Crippen LogP) is 4.70. The summed E-state index contributed by atoms with van der Waals surface area (Å²) < 4.78 is 49.8. The Bertz CT molecular complexity index is 1250. The lowest BCUT2D eigenvalue weighted by atomic mass is 9.93. The summed E-state index contributed by atoms with van der Waals surface area (Å²) in [6.07, 6.45) is -2.67. The molecule has 0 radical (unpaired) electrons. The van der Waals surface area contributed by atoms with Crippen molar-refractivity contribution in [2.24, 2.45) is 0 Å². The molecule has 1 aliphatic rings. The predicted molar refractivity (Wildman–Crippen MR) is 118 cm³/mol. The molecule has 0 spiro atoms. The maximum atomic E-state index is 12.9. The Kier molecular flexibility index (Phi) is 6.05. The van der Waals surface area contributed by atoms with Crippen LogP contribution in [0.2, 0.25) is 0 Å². The van der Waals surface area contributed by atoms with Crippen molar-refractivity contribution < 1.29 is 27.4 Å². The molecule has 1 N–H and O–H groups in total. The van der Waals surface area contributed by atoms with E-state index in [-0.39, 0.29) is 29.0 Å². The number of likely N-dealkylation sites (tertiary alicyclic amines) is 1. The van der Waals surface area contributed by atoms with Crippen LogP contribution in [0.1, 0.15) is 45.2 Å². The number of carbonyl (C=O) groups is 1. The molecule has 0 aliphatic carbocycles. The molecule has 182 valence electrons.